The highest BCUT2D eigenvalue weighted by molar-refractivity contribution is 5.63. The second kappa shape index (κ2) is 5.00. The summed E-state index contributed by atoms with van der Waals surface area (Å²) >= 11 is 0. The SMILES string of the molecule is COc1c(N)ncnc1N1CC(C)CC(C)C1C. The van der Waals surface area contributed by atoms with Crippen molar-refractivity contribution in [2.45, 2.75) is 33.2 Å². The minimum atomic E-state index is 0.403. The molecule has 0 aromatic carbocycles. The Hall–Kier alpha value is -1.52. The van der Waals surface area contributed by atoms with Crippen LogP contribution in [-0.4, -0.2) is 29.7 Å². The van der Waals surface area contributed by atoms with Gasteiger partial charge in [-0.25, -0.2) is 9.97 Å². The number of nitrogens with two attached hydrogens (primary N) is 1. The molecule has 0 aliphatic carbocycles. The highest BCUT2D eigenvalue weighted by Crippen LogP contribution is 2.36. The number of aromatic nitrogens is 2. The van der Waals surface area contributed by atoms with Gasteiger partial charge in [0.1, 0.15) is 6.33 Å². The third kappa shape index (κ3) is 2.21. The quantitative estimate of drug-likeness (QED) is 0.869. The molecule has 18 heavy (non-hydrogen) atoms. The lowest BCUT2D eigenvalue weighted by atomic mass is 9.86. The first kappa shape index (κ1) is 12.9. The normalized spacial score (nSPS) is 28.2. The number of piperidine rings is 1. The predicted octanol–water partition coefficient (Wildman–Crippen LogP) is 1.94. The van der Waals surface area contributed by atoms with Gasteiger partial charge in [0.15, 0.2) is 11.6 Å². The van der Waals surface area contributed by atoms with Gasteiger partial charge in [-0.05, 0) is 25.2 Å². The Balaban J connectivity index is 2.38. The van der Waals surface area contributed by atoms with Crippen molar-refractivity contribution in [3.8, 4) is 5.75 Å². The molecule has 0 bridgehead atoms. The summed E-state index contributed by atoms with van der Waals surface area (Å²) in [6.45, 7) is 7.77. The Kier molecular flexibility index (Phi) is 3.59. The van der Waals surface area contributed by atoms with Crippen molar-refractivity contribution in [2.75, 3.05) is 24.3 Å². The average molecular weight is 250 g/mol. The maximum absolute atomic E-state index is 5.85. The van der Waals surface area contributed by atoms with Gasteiger partial charge in [-0.3, -0.25) is 0 Å². The second-order valence-electron chi connectivity index (χ2n) is 5.33. The molecule has 0 spiro atoms. The van der Waals surface area contributed by atoms with E-state index in [0.717, 1.165) is 12.4 Å². The first-order valence-electron chi connectivity index (χ1n) is 6.45. The summed E-state index contributed by atoms with van der Waals surface area (Å²) in [7, 11) is 1.61. The van der Waals surface area contributed by atoms with Gasteiger partial charge >= 0.3 is 0 Å². The van der Waals surface area contributed by atoms with Crippen molar-refractivity contribution in [3.05, 3.63) is 6.33 Å². The van der Waals surface area contributed by atoms with Gasteiger partial charge in [0.2, 0.25) is 5.75 Å². The van der Waals surface area contributed by atoms with E-state index in [-0.39, 0.29) is 0 Å². The zero-order valence-electron chi connectivity index (χ0n) is 11.6. The molecule has 0 saturated carbocycles. The van der Waals surface area contributed by atoms with Crippen LogP contribution in [0, 0.1) is 11.8 Å². The third-order valence-corrected chi connectivity index (χ3v) is 3.89. The van der Waals surface area contributed by atoms with Crippen LogP contribution in [0.4, 0.5) is 11.6 Å². The molecule has 1 saturated heterocycles. The maximum Gasteiger partial charge on any atom is 0.204 e. The van der Waals surface area contributed by atoms with E-state index in [0.29, 0.717) is 29.4 Å². The summed E-state index contributed by atoms with van der Waals surface area (Å²) in [5, 5.41) is 0. The van der Waals surface area contributed by atoms with Crippen molar-refractivity contribution in [3.63, 3.8) is 0 Å². The summed E-state index contributed by atoms with van der Waals surface area (Å²) < 4.78 is 5.36. The predicted molar refractivity (Wildman–Crippen MR) is 72.7 cm³/mol. The summed E-state index contributed by atoms with van der Waals surface area (Å²) in [6.07, 6.45) is 2.75. The number of rotatable bonds is 2. The Bertz CT molecular complexity index is 423. The van der Waals surface area contributed by atoms with Crippen LogP contribution in [0.1, 0.15) is 27.2 Å². The number of nitrogen functional groups attached to an aromatic ring is 1. The second-order valence-corrected chi connectivity index (χ2v) is 5.33. The Morgan fingerprint density at radius 1 is 1.33 bits per heavy atom. The first-order chi connectivity index (χ1) is 8.54. The van der Waals surface area contributed by atoms with E-state index < -0.39 is 0 Å². The molecule has 3 unspecified atom stereocenters. The third-order valence-electron chi connectivity index (χ3n) is 3.89. The molecule has 1 aromatic heterocycles. The molecule has 2 heterocycles. The fourth-order valence-electron chi connectivity index (χ4n) is 2.77. The Morgan fingerprint density at radius 2 is 2.06 bits per heavy atom. The van der Waals surface area contributed by atoms with Crippen molar-refractivity contribution < 1.29 is 4.74 Å². The van der Waals surface area contributed by atoms with Crippen LogP contribution < -0.4 is 15.4 Å². The molecule has 2 N–H and O–H groups in total. The molecule has 1 aliphatic rings. The molecule has 0 radical (unpaired) electrons. The van der Waals surface area contributed by atoms with Crippen LogP contribution in [0.5, 0.6) is 5.75 Å². The molecule has 1 aliphatic heterocycles. The van der Waals surface area contributed by atoms with Gasteiger partial charge in [0.25, 0.3) is 0 Å². The van der Waals surface area contributed by atoms with E-state index in [1.807, 2.05) is 0 Å². The number of anilines is 2. The number of hydrogen-bond donors (Lipinski definition) is 1. The zero-order valence-corrected chi connectivity index (χ0v) is 11.6. The lowest BCUT2D eigenvalue weighted by molar-refractivity contribution is 0.292. The van der Waals surface area contributed by atoms with Gasteiger partial charge in [0.05, 0.1) is 7.11 Å². The average Bonchev–Trinajstić information content (AvgIpc) is 2.33. The van der Waals surface area contributed by atoms with Gasteiger partial charge in [-0.2, -0.15) is 0 Å². The van der Waals surface area contributed by atoms with Crippen molar-refractivity contribution in [1.82, 2.24) is 9.97 Å². The molecule has 5 nitrogen and oxygen atoms in total. The van der Waals surface area contributed by atoms with E-state index in [4.69, 9.17) is 10.5 Å². The first-order valence-corrected chi connectivity index (χ1v) is 6.45. The van der Waals surface area contributed by atoms with E-state index in [9.17, 15) is 0 Å². The molecule has 5 heteroatoms. The standard InChI is InChI=1S/C13H22N4O/c1-8-5-9(2)10(3)17(6-8)13-11(18-4)12(14)15-7-16-13/h7-10H,5-6H2,1-4H3,(H2,14,15,16). The van der Waals surface area contributed by atoms with Gasteiger partial charge in [-0.1, -0.05) is 13.8 Å². The van der Waals surface area contributed by atoms with Crippen LogP contribution in [0.2, 0.25) is 0 Å². The van der Waals surface area contributed by atoms with Gasteiger partial charge in [0, 0.05) is 12.6 Å². The number of hydrogen-bond acceptors (Lipinski definition) is 5. The summed E-state index contributed by atoms with van der Waals surface area (Å²) in [6, 6.07) is 0.435. The number of methoxy groups -OCH3 is 1. The summed E-state index contributed by atoms with van der Waals surface area (Å²) in [4.78, 5) is 10.6. The lowest BCUT2D eigenvalue weighted by Crippen LogP contribution is -2.46. The topological polar surface area (TPSA) is 64.3 Å². The van der Waals surface area contributed by atoms with Crippen molar-refractivity contribution >= 4 is 11.6 Å². The van der Waals surface area contributed by atoms with Gasteiger partial charge in [-0.15, -0.1) is 0 Å². The van der Waals surface area contributed by atoms with Crippen LogP contribution in [0.25, 0.3) is 0 Å². The van der Waals surface area contributed by atoms with Crippen LogP contribution in [0.15, 0.2) is 6.33 Å². The van der Waals surface area contributed by atoms with Crippen LogP contribution in [0.3, 0.4) is 0 Å². The molecule has 2 rings (SSSR count). The largest absolute Gasteiger partial charge is 0.490 e. The van der Waals surface area contributed by atoms with E-state index >= 15 is 0 Å². The zero-order chi connectivity index (χ0) is 13.3. The lowest BCUT2D eigenvalue weighted by Gasteiger charge is -2.42. The van der Waals surface area contributed by atoms with Gasteiger partial charge < -0.3 is 15.4 Å². The van der Waals surface area contributed by atoms with Crippen molar-refractivity contribution in [2.24, 2.45) is 11.8 Å². The Morgan fingerprint density at radius 3 is 2.72 bits per heavy atom. The van der Waals surface area contributed by atoms with Crippen molar-refractivity contribution in [1.29, 1.82) is 0 Å². The molecular formula is C13H22N4O. The van der Waals surface area contributed by atoms with E-state index in [1.54, 1.807) is 7.11 Å². The summed E-state index contributed by atoms with van der Waals surface area (Å²) in [5.41, 5.74) is 5.85. The molecule has 1 fully saturated rings. The highest BCUT2D eigenvalue weighted by atomic mass is 16.5. The minimum Gasteiger partial charge on any atom is -0.490 e. The maximum atomic E-state index is 5.85. The molecule has 0 amide bonds. The Labute approximate surface area is 108 Å². The fraction of sp³-hybridized carbons (Fsp3) is 0.692. The van der Waals surface area contributed by atoms with Crippen LogP contribution in [-0.2, 0) is 0 Å². The molecule has 1 aromatic rings. The number of nitrogens with zero attached hydrogens (tertiary/aromatic N) is 3. The molecule has 100 valence electrons. The van der Waals surface area contributed by atoms with Crippen LogP contribution >= 0.6 is 0 Å². The number of ether oxygens (including phenoxy) is 1. The minimum absolute atomic E-state index is 0.403. The monoisotopic (exact) mass is 250 g/mol. The highest BCUT2D eigenvalue weighted by Gasteiger charge is 2.31. The fourth-order valence-corrected chi connectivity index (χ4v) is 2.77. The summed E-state index contributed by atoms with van der Waals surface area (Å²) in [5.74, 6) is 3.09. The smallest absolute Gasteiger partial charge is 0.204 e. The van der Waals surface area contributed by atoms with E-state index in [2.05, 4.69) is 35.6 Å². The molecule has 3 atom stereocenters. The molecular weight excluding hydrogens is 228 g/mol. The van der Waals surface area contributed by atoms with E-state index in [1.165, 1.54) is 12.7 Å².